The highest BCUT2D eigenvalue weighted by Gasteiger charge is 2.04. The van der Waals surface area contributed by atoms with Gasteiger partial charge in [0.05, 0.1) is 0 Å². The molecule has 0 aliphatic heterocycles. The van der Waals surface area contributed by atoms with Crippen molar-refractivity contribution in [2.45, 2.75) is 58.4 Å². The predicted octanol–water partition coefficient (Wildman–Crippen LogP) is 3.08. The molecule has 20 heavy (non-hydrogen) atoms. The molecule has 0 saturated heterocycles. The van der Waals surface area contributed by atoms with Crippen molar-refractivity contribution in [3.8, 4) is 0 Å². The second-order valence-corrected chi connectivity index (χ2v) is 5.55. The summed E-state index contributed by atoms with van der Waals surface area (Å²) in [6.07, 6.45) is 7.66. The Labute approximate surface area is 143 Å². The molecule has 0 aromatic rings. The summed E-state index contributed by atoms with van der Waals surface area (Å²) in [7, 11) is 6.04. The van der Waals surface area contributed by atoms with Gasteiger partial charge in [-0.2, -0.15) is 0 Å². The smallest absolute Gasteiger partial charge is 0.191 e. The largest absolute Gasteiger partial charge is 0.356 e. The molecule has 0 heterocycles. The molecule has 5 heteroatoms. The molecule has 0 rings (SSSR count). The number of hydrogen-bond acceptors (Lipinski definition) is 2. The highest BCUT2D eigenvalue weighted by Crippen LogP contribution is 2.04. The Hall–Kier alpha value is -0.0400. The lowest BCUT2D eigenvalue weighted by Crippen LogP contribution is -2.42. The molecule has 0 radical (unpaired) electrons. The van der Waals surface area contributed by atoms with E-state index in [4.69, 9.17) is 0 Å². The molecular formula is C15H35IN4. The average molecular weight is 398 g/mol. The number of nitrogens with one attached hydrogen (secondary N) is 2. The Balaban J connectivity index is 0. The Kier molecular flexibility index (Phi) is 17.1. The lowest BCUT2D eigenvalue weighted by Gasteiger charge is -2.18. The molecule has 0 fully saturated rings. The van der Waals surface area contributed by atoms with E-state index in [1.54, 1.807) is 0 Å². The number of rotatable bonds is 10. The highest BCUT2D eigenvalue weighted by molar-refractivity contribution is 14.0. The van der Waals surface area contributed by atoms with Crippen LogP contribution in [0.1, 0.15) is 52.4 Å². The van der Waals surface area contributed by atoms with E-state index in [1.807, 2.05) is 7.05 Å². The van der Waals surface area contributed by atoms with E-state index in [-0.39, 0.29) is 24.0 Å². The van der Waals surface area contributed by atoms with E-state index in [9.17, 15) is 0 Å². The van der Waals surface area contributed by atoms with Crippen molar-refractivity contribution in [1.82, 2.24) is 15.5 Å². The van der Waals surface area contributed by atoms with Gasteiger partial charge < -0.3 is 15.5 Å². The van der Waals surface area contributed by atoms with Gasteiger partial charge in [0.15, 0.2) is 5.96 Å². The van der Waals surface area contributed by atoms with Crippen LogP contribution in [-0.2, 0) is 0 Å². The first-order valence-corrected chi connectivity index (χ1v) is 7.72. The molecule has 122 valence electrons. The van der Waals surface area contributed by atoms with Gasteiger partial charge >= 0.3 is 0 Å². The minimum atomic E-state index is 0. The van der Waals surface area contributed by atoms with E-state index in [0.29, 0.717) is 6.04 Å². The van der Waals surface area contributed by atoms with E-state index < -0.39 is 0 Å². The van der Waals surface area contributed by atoms with E-state index >= 15 is 0 Å². The van der Waals surface area contributed by atoms with Crippen LogP contribution in [0.4, 0.5) is 0 Å². The maximum Gasteiger partial charge on any atom is 0.191 e. The van der Waals surface area contributed by atoms with Crippen molar-refractivity contribution in [1.29, 1.82) is 0 Å². The van der Waals surface area contributed by atoms with Gasteiger partial charge in [0.2, 0.25) is 0 Å². The zero-order chi connectivity index (χ0) is 14.5. The molecule has 0 bridgehead atoms. The first-order valence-electron chi connectivity index (χ1n) is 7.72. The van der Waals surface area contributed by atoms with Crippen molar-refractivity contribution in [3.63, 3.8) is 0 Å². The Morgan fingerprint density at radius 2 is 1.85 bits per heavy atom. The van der Waals surface area contributed by atoms with E-state index in [1.165, 1.54) is 32.1 Å². The summed E-state index contributed by atoms with van der Waals surface area (Å²) < 4.78 is 0. The van der Waals surface area contributed by atoms with Crippen LogP contribution in [0.2, 0.25) is 0 Å². The number of halogens is 1. The van der Waals surface area contributed by atoms with Crippen molar-refractivity contribution >= 4 is 29.9 Å². The topological polar surface area (TPSA) is 39.7 Å². The van der Waals surface area contributed by atoms with Crippen LogP contribution >= 0.6 is 24.0 Å². The zero-order valence-corrected chi connectivity index (χ0v) is 16.4. The molecular weight excluding hydrogens is 363 g/mol. The SMILES string of the molecule is CCCCCCC(C)NC(=NC)NCCCN(C)C.I. The van der Waals surface area contributed by atoms with Crippen LogP contribution in [0.3, 0.4) is 0 Å². The van der Waals surface area contributed by atoms with Gasteiger partial charge in [-0.15, -0.1) is 24.0 Å². The summed E-state index contributed by atoms with van der Waals surface area (Å²) in [5.41, 5.74) is 0. The lowest BCUT2D eigenvalue weighted by molar-refractivity contribution is 0.399. The summed E-state index contributed by atoms with van der Waals surface area (Å²) >= 11 is 0. The maximum atomic E-state index is 4.27. The third-order valence-electron chi connectivity index (χ3n) is 3.17. The summed E-state index contributed by atoms with van der Waals surface area (Å²) in [4.78, 5) is 6.47. The van der Waals surface area contributed by atoms with Crippen LogP contribution in [-0.4, -0.2) is 51.1 Å². The molecule has 2 N–H and O–H groups in total. The van der Waals surface area contributed by atoms with Crippen LogP contribution in [0.25, 0.3) is 0 Å². The molecule has 0 aliphatic rings. The first kappa shape index (κ1) is 22.2. The second kappa shape index (κ2) is 15.4. The minimum Gasteiger partial charge on any atom is -0.356 e. The van der Waals surface area contributed by atoms with Gasteiger partial charge in [-0.3, -0.25) is 4.99 Å². The average Bonchev–Trinajstić information content (AvgIpc) is 2.38. The molecule has 0 aromatic carbocycles. The third kappa shape index (κ3) is 14.4. The minimum absolute atomic E-state index is 0. The predicted molar refractivity (Wildman–Crippen MR) is 101 cm³/mol. The Morgan fingerprint density at radius 3 is 2.40 bits per heavy atom. The number of hydrogen-bond donors (Lipinski definition) is 2. The van der Waals surface area contributed by atoms with Crippen LogP contribution in [0.15, 0.2) is 4.99 Å². The molecule has 1 atom stereocenters. The van der Waals surface area contributed by atoms with Crippen molar-refractivity contribution in [3.05, 3.63) is 0 Å². The quantitative estimate of drug-likeness (QED) is 0.257. The molecule has 0 amide bonds. The van der Waals surface area contributed by atoms with Gasteiger partial charge in [0.25, 0.3) is 0 Å². The summed E-state index contributed by atoms with van der Waals surface area (Å²) in [6, 6.07) is 0.497. The summed E-state index contributed by atoms with van der Waals surface area (Å²) in [5.74, 6) is 0.932. The zero-order valence-electron chi connectivity index (χ0n) is 14.0. The summed E-state index contributed by atoms with van der Waals surface area (Å²) in [6.45, 7) is 6.57. The van der Waals surface area contributed by atoms with E-state index in [2.05, 4.69) is 48.5 Å². The normalized spacial score (nSPS) is 13.0. The molecule has 0 spiro atoms. The first-order chi connectivity index (χ1) is 9.10. The monoisotopic (exact) mass is 398 g/mol. The Bertz CT molecular complexity index is 232. The van der Waals surface area contributed by atoms with Crippen molar-refractivity contribution < 1.29 is 0 Å². The lowest BCUT2D eigenvalue weighted by atomic mass is 10.1. The summed E-state index contributed by atoms with van der Waals surface area (Å²) in [5, 5.41) is 6.83. The standard InChI is InChI=1S/C15H34N4.HI/c1-6-7-8-9-11-14(2)18-15(16-3)17-12-10-13-19(4)5;/h14H,6-13H2,1-5H3,(H2,16,17,18);1H. The Morgan fingerprint density at radius 1 is 1.15 bits per heavy atom. The van der Waals surface area contributed by atoms with E-state index in [0.717, 1.165) is 25.5 Å². The van der Waals surface area contributed by atoms with Crippen LogP contribution < -0.4 is 10.6 Å². The van der Waals surface area contributed by atoms with Gasteiger partial charge in [0.1, 0.15) is 0 Å². The van der Waals surface area contributed by atoms with Gasteiger partial charge in [-0.1, -0.05) is 32.6 Å². The molecule has 1 unspecified atom stereocenters. The van der Waals surface area contributed by atoms with Crippen LogP contribution in [0, 0.1) is 0 Å². The number of aliphatic imine (C=N–C) groups is 1. The van der Waals surface area contributed by atoms with Gasteiger partial charge in [-0.05, 0) is 40.4 Å². The number of unbranched alkanes of at least 4 members (excludes halogenated alkanes) is 3. The maximum absolute atomic E-state index is 4.27. The van der Waals surface area contributed by atoms with Crippen LogP contribution in [0.5, 0.6) is 0 Å². The van der Waals surface area contributed by atoms with Crippen molar-refractivity contribution in [2.75, 3.05) is 34.2 Å². The molecule has 0 aromatic heterocycles. The third-order valence-corrected chi connectivity index (χ3v) is 3.17. The number of nitrogens with zero attached hydrogens (tertiary/aromatic N) is 2. The van der Waals surface area contributed by atoms with Crippen molar-refractivity contribution in [2.24, 2.45) is 4.99 Å². The highest BCUT2D eigenvalue weighted by atomic mass is 127. The van der Waals surface area contributed by atoms with Gasteiger partial charge in [-0.25, -0.2) is 0 Å². The fourth-order valence-corrected chi connectivity index (χ4v) is 1.98. The fourth-order valence-electron chi connectivity index (χ4n) is 1.98. The van der Waals surface area contributed by atoms with Gasteiger partial charge in [0, 0.05) is 19.6 Å². The molecule has 0 aliphatic carbocycles. The molecule has 0 saturated carbocycles. The fraction of sp³-hybridized carbons (Fsp3) is 0.933. The molecule has 4 nitrogen and oxygen atoms in total. The second-order valence-electron chi connectivity index (χ2n) is 5.55. The number of guanidine groups is 1.